The van der Waals surface area contributed by atoms with Crippen LogP contribution >= 0.6 is 11.3 Å². The normalized spacial score (nSPS) is 13.2. The average Bonchev–Trinajstić information content (AvgIpc) is 2.51. The minimum Gasteiger partial charge on any atom is -0.317 e. The van der Waals surface area contributed by atoms with Crippen LogP contribution in [0.4, 0.5) is 0 Å². The van der Waals surface area contributed by atoms with Crippen molar-refractivity contribution in [3.05, 3.63) is 16.1 Å². The third kappa shape index (κ3) is 3.87. The predicted octanol–water partition coefficient (Wildman–Crippen LogP) is 2.38. The van der Waals surface area contributed by atoms with Gasteiger partial charge in [-0.2, -0.15) is 0 Å². The van der Waals surface area contributed by atoms with E-state index in [1.54, 1.807) is 11.3 Å². The topological polar surface area (TPSA) is 24.9 Å². The highest BCUT2D eigenvalue weighted by Crippen LogP contribution is 2.12. The summed E-state index contributed by atoms with van der Waals surface area (Å²) in [4.78, 5) is 4.43. The largest absolute Gasteiger partial charge is 0.317 e. The van der Waals surface area contributed by atoms with Crippen LogP contribution in [0, 0.1) is 6.92 Å². The van der Waals surface area contributed by atoms with E-state index in [-0.39, 0.29) is 0 Å². The molecule has 1 heterocycles. The SMILES string of the molecule is CNC(C)CCCc1nc(C)cs1. The Hall–Kier alpha value is -0.410. The number of thiazole rings is 1. The fourth-order valence-electron chi connectivity index (χ4n) is 1.22. The molecule has 0 amide bonds. The molecule has 0 bridgehead atoms. The Morgan fingerprint density at radius 1 is 1.62 bits per heavy atom. The minimum atomic E-state index is 0.626. The molecule has 13 heavy (non-hydrogen) atoms. The first kappa shape index (κ1) is 10.7. The molecule has 1 atom stereocenters. The van der Waals surface area contributed by atoms with E-state index in [2.05, 4.69) is 29.5 Å². The number of hydrogen-bond donors (Lipinski definition) is 1. The molecule has 1 aromatic heterocycles. The summed E-state index contributed by atoms with van der Waals surface area (Å²) < 4.78 is 0. The van der Waals surface area contributed by atoms with Gasteiger partial charge in [-0.3, -0.25) is 0 Å². The van der Waals surface area contributed by atoms with Crippen LogP contribution in [0.1, 0.15) is 30.5 Å². The van der Waals surface area contributed by atoms with Crippen LogP contribution < -0.4 is 5.32 Å². The van der Waals surface area contributed by atoms with Gasteiger partial charge in [0, 0.05) is 17.1 Å². The second-order valence-corrected chi connectivity index (χ2v) is 4.41. The molecule has 0 aliphatic carbocycles. The first-order valence-electron chi connectivity index (χ1n) is 4.80. The van der Waals surface area contributed by atoms with E-state index >= 15 is 0 Å². The number of aromatic nitrogens is 1. The van der Waals surface area contributed by atoms with Crippen molar-refractivity contribution < 1.29 is 0 Å². The maximum Gasteiger partial charge on any atom is 0.0928 e. The number of nitrogens with one attached hydrogen (secondary N) is 1. The Bertz CT molecular complexity index is 245. The van der Waals surface area contributed by atoms with Crippen molar-refractivity contribution in [3.8, 4) is 0 Å². The number of rotatable bonds is 5. The first-order chi connectivity index (χ1) is 6.22. The summed E-state index contributed by atoms with van der Waals surface area (Å²) in [5.74, 6) is 0. The Kier molecular flexibility index (Phi) is 4.39. The van der Waals surface area contributed by atoms with E-state index in [0.29, 0.717) is 6.04 Å². The van der Waals surface area contributed by atoms with Crippen LogP contribution in [0.2, 0.25) is 0 Å². The quantitative estimate of drug-likeness (QED) is 0.785. The number of hydrogen-bond acceptors (Lipinski definition) is 3. The zero-order chi connectivity index (χ0) is 9.68. The van der Waals surface area contributed by atoms with Crippen molar-refractivity contribution in [1.29, 1.82) is 0 Å². The monoisotopic (exact) mass is 198 g/mol. The first-order valence-corrected chi connectivity index (χ1v) is 5.68. The number of aryl methyl sites for hydroxylation is 2. The van der Waals surface area contributed by atoms with Crippen molar-refractivity contribution in [2.24, 2.45) is 0 Å². The summed E-state index contributed by atoms with van der Waals surface area (Å²) in [6, 6.07) is 0.626. The Labute approximate surface area is 84.4 Å². The summed E-state index contributed by atoms with van der Waals surface area (Å²) in [7, 11) is 2.01. The van der Waals surface area contributed by atoms with E-state index in [1.807, 2.05) is 7.05 Å². The van der Waals surface area contributed by atoms with Gasteiger partial charge in [-0.05, 0) is 40.2 Å². The highest BCUT2D eigenvalue weighted by molar-refractivity contribution is 7.09. The van der Waals surface area contributed by atoms with Crippen LogP contribution in [-0.2, 0) is 6.42 Å². The molecule has 1 unspecified atom stereocenters. The van der Waals surface area contributed by atoms with Gasteiger partial charge in [-0.1, -0.05) is 0 Å². The molecule has 0 spiro atoms. The molecule has 74 valence electrons. The molecule has 0 saturated heterocycles. The van der Waals surface area contributed by atoms with Crippen LogP contribution in [0.15, 0.2) is 5.38 Å². The van der Waals surface area contributed by atoms with Gasteiger partial charge < -0.3 is 5.32 Å². The van der Waals surface area contributed by atoms with E-state index in [9.17, 15) is 0 Å². The maximum atomic E-state index is 4.43. The average molecular weight is 198 g/mol. The fraction of sp³-hybridized carbons (Fsp3) is 0.700. The lowest BCUT2D eigenvalue weighted by molar-refractivity contribution is 0.541. The highest BCUT2D eigenvalue weighted by Gasteiger charge is 2.01. The highest BCUT2D eigenvalue weighted by atomic mass is 32.1. The van der Waals surface area contributed by atoms with Gasteiger partial charge >= 0.3 is 0 Å². The molecule has 1 N–H and O–H groups in total. The van der Waals surface area contributed by atoms with Gasteiger partial charge in [0.05, 0.1) is 5.01 Å². The Balaban J connectivity index is 2.20. The summed E-state index contributed by atoms with van der Waals surface area (Å²) in [5.41, 5.74) is 1.15. The summed E-state index contributed by atoms with van der Waals surface area (Å²) in [5, 5.41) is 6.64. The summed E-state index contributed by atoms with van der Waals surface area (Å²) in [6.07, 6.45) is 3.59. The Morgan fingerprint density at radius 2 is 2.38 bits per heavy atom. The molecule has 1 rings (SSSR count). The van der Waals surface area contributed by atoms with Crippen molar-refractivity contribution in [1.82, 2.24) is 10.3 Å². The van der Waals surface area contributed by atoms with Gasteiger partial charge in [-0.25, -0.2) is 4.98 Å². The molecule has 2 nitrogen and oxygen atoms in total. The van der Waals surface area contributed by atoms with Crippen molar-refractivity contribution in [3.63, 3.8) is 0 Å². The second kappa shape index (κ2) is 5.35. The molecular formula is C10H18N2S. The van der Waals surface area contributed by atoms with Crippen molar-refractivity contribution in [2.45, 2.75) is 39.2 Å². The predicted molar refractivity (Wildman–Crippen MR) is 58.3 cm³/mol. The summed E-state index contributed by atoms with van der Waals surface area (Å²) >= 11 is 1.78. The lowest BCUT2D eigenvalue weighted by atomic mass is 10.1. The van der Waals surface area contributed by atoms with Gasteiger partial charge in [0.25, 0.3) is 0 Å². The molecular weight excluding hydrogens is 180 g/mol. The second-order valence-electron chi connectivity index (χ2n) is 3.46. The smallest absolute Gasteiger partial charge is 0.0928 e. The van der Waals surface area contributed by atoms with Crippen LogP contribution in [0.5, 0.6) is 0 Å². The van der Waals surface area contributed by atoms with Gasteiger partial charge in [0.2, 0.25) is 0 Å². The zero-order valence-electron chi connectivity index (χ0n) is 8.63. The van der Waals surface area contributed by atoms with Gasteiger partial charge in [-0.15, -0.1) is 11.3 Å². The molecule has 0 saturated carbocycles. The van der Waals surface area contributed by atoms with Gasteiger partial charge in [0.15, 0.2) is 0 Å². The standard InChI is InChI=1S/C10H18N2S/c1-8(11-3)5-4-6-10-12-9(2)7-13-10/h7-8,11H,4-6H2,1-3H3. The van der Waals surface area contributed by atoms with E-state index in [4.69, 9.17) is 0 Å². The van der Waals surface area contributed by atoms with Crippen LogP contribution in [0.25, 0.3) is 0 Å². The molecule has 0 aromatic carbocycles. The maximum absolute atomic E-state index is 4.43. The van der Waals surface area contributed by atoms with Crippen molar-refractivity contribution in [2.75, 3.05) is 7.05 Å². The lowest BCUT2D eigenvalue weighted by Gasteiger charge is -2.07. The fourth-order valence-corrected chi connectivity index (χ4v) is 2.04. The molecule has 3 heteroatoms. The summed E-state index contributed by atoms with van der Waals surface area (Å²) in [6.45, 7) is 4.27. The van der Waals surface area contributed by atoms with Crippen molar-refractivity contribution >= 4 is 11.3 Å². The zero-order valence-corrected chi connectivity index (χ0v) is 9.45. The lowest BCUT2D eigenvalue weighted by Crippen LogP contribution is -2.20. The molecule has 0 aliphatic rings. The molecule has 0 fully saturated rings. The molecule has 0 radical (unpaired) electrons. The Morgan fingerprint density at radius 3 is 2.92 bits per heavy atom. The van der Waals surface area contributed by atoms with Crippen LogP contribution in [-0.4, -0.2) is 18.1 Å². The van der Waals surface area contributed by atoms with E-state index in [1.165, 1.54) is 17.8 Å². The third-order valence-corrected chi connectivity index (χ3v) is 3.21. The molecule has 0 aliphatic heterocycles. The minimum absolute atomic E-state index is 0.626. The molecule has 1 aromatic rings. The van der Waals surface area contributed by atoms with E-state index < -0.39 is 0 Å². The third-order valence-electron chi connectivity index (χ3n) is 2.19. The van der Waals surface area contributed by atoms with E-state index in [0.717, 1.165) is 12.1 Å². The number of nitrogens with zero attached hydrogens (tertiary/aromatic N) is 1. The van der Waals surface area contributed by atoms with Crippen LogP contribution in [0.3, 0.4) is 0 Å². The van der Waals surface area contributed by atoms with Gasteiger partial charge in [0.1, 0.15) is 0 Å².